The molecule has 0 radical (unpaired) electrons. The quantitative estimate of drug-likeness (QED) is 0.616. The zero-order chi connectivity index (χ0) is 17.0. The Morgan fingerprint density at radius 3 is 2.57 bits per heavy atom. The van der Waals surface area contributed by atoms with Crippen molar-refractivity contribution in [3.05, 3.63) is 58.3 Å². The van der Waals surface area contributed by atoms with Gasteiger partial charge in [-0.25, -0.2) is 18.1 Å². The summed E-state index contributed by atoms with van der Waals surface area (Å²) in [6.45, 7) is 1.84. The molecule has 1 atom stereocenters. The Kier molecular flexibility index (Phi) is 4.92. The Hall–Kier alpha value is -2.52. The molecule has 1 aromatic heterocycles. The Bertz CT molecular complexity index is 806. The Balaban J connectivity index is 2.19. The Morgan fingerprint density at radius 1 is 1.26 bits per heavy atom. The number of anilines is 1. The number of benzene rings is 1. The molecule has 0 bridgehead atoms. The number of nitrogens with zero attached hydrogens (tertiary/aromatic N) is 2. The van der Waals surface area contributed by atoms with E-state index in [1.165, 1.54) is 25.2 Å². The minimum absolute atomic E-state index is 0.0923. The highest BCUT2D eigenvalue weighted by Crippen LogP contribution is 2.21. The van der Waals surface area contributed by atoms with Gasteiger partial charge in [-0.1, -0.05) is 12.1 Å². The molecule has 0 aliphatic heterocycles. The molecule has 2 rings (SSSR count). The van der Waals surface area contributed by atoms with Crippen LogP contribution in [0, 0.1) is 10.1 Å². The van der Waals surface area contributed by atoms with Gasteiger partial charge in [-0.05, 0) is 37.7 Å². The van der Waals surface area contributed by atoms with Crippen molar-refractivity contribution in [1.82, 2.24) is 9.71 Å². The van der Waals surface area contributed by atoms with Crippen LogP contribution in [-0.4, -0.2) is 25.4 Å². The zero-order valence-electron chi connectivity index (χ0n) is 12.6. The van der Waals surface area contributed by atoms with Crippen LogP contribution in [0.1, 0.15) is 18.5 Å². The van der Waals surface area contributed by atoms with Crippen molar-refractivity contribution < 1.29 is 13.3 Å². The predicted molar refractivity (Wildman–Crippen MR) is 85.6 cm³/mol. The molecule has 0 aliphatic carbocycles. The highest BCUT2D eigenvalue weighted by Gasteiger charge is 2.14. The summed E-state index contributed by atoms with van der Waals surface area (Å²) in [4.78, 5) is 14.2. The first-order chi connectivity index (χ1) is 10.8. The van der Waals surface area contributed by atoms with E-state index < -0.39 is 14.9 Å². The monoisotopic (exact) mass is 336 g/mol. The second-order valence-corrected chi connectivity index (χ2v) is 6.69. The smallest absolute Gasteiger partial charge is 0.287 e. The van der Waals surface area contributed by atoms with E-state index in [2.05, 4.69) is 15.0 Å². The lowest BCUT2D eigenvalue weighted by Gasteiger charge is -2.15. The van der Waals surface area contributed by atoms with Crippen LogP contribution in [-0.2, 0) is 10.0 Å². The molecule has 1 heterocycles. The largest absolute Gasteiger partial charge is 0.364 e. The summed E-state index contributed by atoms with van der Waals surface area (Å²) in [5, 5.41) is 13.7. The standard InChI is InChI=1S/C14H16N4O4S/c1-10(17-14-7-6-12(9-16-14)18(19)20)11-4-3-5-13(8-11)23(21,22)15-2/h3-10,15H,1-2H3,(H,16,17). The molecule has 1 unspecified atom stereocenters. The van der Waals surface area contributed by atoms with Crippen LogP contribution in [0.3, 0.4) is 0 Å². The maximum atomic E-state index is 11.8. The summed E-state index contributed by atoms with van der Waals surface area (Å²) >= 11 is 0. The zero-order valence-corrected chi connectivity index (χ0v) is 13.4. The van der Waals surface area contributed by atoms with Crippen molar-refractivity contribution in [2.45, 2.75) is 17.9 Å². The maximum Gasteiger partial charge on any atom is 0.287 e. The van der Waals surface area contributed by atoms with Crippen LogP contribution >= 0.6 is 0 Å². The molecular weight excluding hydrogens is 320 g/mol. The van der Waals surface area contributed by atoms with Crippen LogP contribution in [0.25, 0.3) is 0 Å². The van der Waals surface area contributed by atoms with Gasteiger partial charge in [0, 0.05) is 12.1 Å². The third kappa shape index (κ3) is 4.02. The van der Waals surface area contributed by atoms with E-state index in [4.69, 9.17) is 0 Å². The van der Waals surface area contributed by atoms with Gasteiger partial charge < -0.3 is 5.32 Å². The van der Waals surface area contributed by atoms with Gasteiger partial charge in [0.2, 0.25) is 10.0 Å². The Morgan fingerprint density at radius 2 is 2.00 bits per heavy atom. The maximum absolute atomic E-state index is 11.8. The van der Waals surface area contributed by atoms with Gasteiger partial charge in [-0.2, -0.15) is 0 Å². The second kappa shape index (κ2) is 6.71. The molecule has 122 valence electrons. The van der Waals surface area contributed by atoms with E-state index in [1.807, 2.05) is 6.92 Å². The molecule has 0 saturated carbocycles. The van der Waals surface area contributed by atoms with E-state index >= 15 is 0 Å². The van der Waals surface area contributed by atoms with Gasteiger partial charge in [-0.15, -0.1) is 0 Å². The summed E-state index contributed by atoms with van der Waals surface area (Å²) in [6.07, 6.45) is 1.16. The van der Waals surface area contributed by atoms with Crippen molar-refractivity contribution >= 4 is 21.5 Å². The van der Waals surface area contributed by atoms with E-state index in [0.29, 0.717) is 5.82 Å². The van der Waals surface area contributed by atoms with Crippen molar-refractivity contribution in [3.63, 3.8) is 0 Å². The molecule has 0 fully saturated rings. The molecule has 9 heteroatoms. The van der Waals surface area contributed by atoms with Crippen LogP contribution in [0.2, 0.25) is 0 Å². The van der Waals surface area contributed by atoms with Gasteiger partial charge in [0.25, 0.3) is 5.69 Å². The van der Waals surface area contributed by atoms with Gasteiger partial charge in [0.15, 0.2) is 0 Å². The van der Waals surface area contributed by atoms with E-state index in [9.17, 15) is 18.5 Å². The fraction of sp³-hybridized carbons (Fsp3) is 0.214. The fourth-order valence-electron chi connectivity index (χ4n) is 1.95. The molecule has 2 N–H and O–H groups in total. The number of hydrogen-bond acceptors (Lipinski definition) is 6. The molecule has 0 saturated heterocycles. The van der Waals surface area contributed by atoms with Gasteiger partial charge in [0.1, 0.15) is 12.0 Å². The van der Waals surface area contributed by atoms with Crippen LogP contribution in [0.4, 0.5) is 11.5 Å². The number of nitrogens with one attached hydrogen (secondary N) is 2. The molecule has 0 spiro atoms. The average Bonchev–Trinajstić information content (AvgIpc) is 2.55. The van der Waals surface area contributed by atoms with Crippen molar-refractivity contribution in [3.8, 4) is 0 Å². The number of aromatic nitrogens is 1. The predicted octanol–water partition coefficient (Wildman–Crippen LogP) is 2.07. The lowest BCUT2D eigenvalue weighted by molar-refractivity contribution is -0.385. The van der Waals surface area contributed by atoms with Gasteiger partial charge in [-0.3, -0.25) is 10.1 Å². The number of pyridine rings is 1. The highest BCUT2D eigenvalue weighted by atomic mass is 32.2. The van der Waals surface area contributed by atoms with E-state index in [-0.39, 0.29) is 16.6 Å². The van der Waals surface area contributed by atoms with E-state index in [0.717, 1.165) is 11.8 Å². The van der Waals surface area contributed by atoms with E-state index in [1.54, 1.807) is 18.2 Å². The summed E-state index contributed by atoms with van der Waals surface area (Å²) in [6, 6.07) is 9.14. The normalized spacial score (nSPS) is 12.6. The third-order valence-electron chi connectivity index (χ3n) is 3.26. The molecule has 2 aromatic rings. The lowest BCUT2D eigenvalue weighted by Crippen LogP contribution is -2.19. The van der Waals surface area contributed by atoms with Crippen LogP contribution in [0.5, 0.6) is 0 Å². The average molecular weight is 336 g/mol. The summed E-state index contributed by atoms with van der Waals surface area (Å²) in [5.74, 6) is 0.463. The number of hydrogen-bond donors (Lipinski definition) is 2. The first-order valence-electron chi connectivity index (χ1n) is 6.74. The highest BCUT2D eigenvalue weighted by molar-refractivity contribution is 7.89. The summed E-state index contributed by atoms with van der Waals surface area (Å²) in [5.41, 5.74) is 0.659. The first-order valence-corrected chi connectivity index (χ1v) is 8.22. The first kappa shape index (κ1) is 16.8. The summed E-state index contributed by atoms with van der Waals surface area (Å²) in [7, 11) is -2.16. The fourth-order valence-corrected chi connectivity index (χ4v) is 2.74. The molecule has 1 aromatic carbocycles. The topological polar surface area (TPSA) is 114 Å². The van der Waals surface area contributed by atoms with Crippen molar-refractivity contribution in [2.24, 2.45) is 0 Å². The molecule has 0 amide bonds. The van der Waals surface area contributed by atoms with Crippen molar-refractivity contribution in [2.75, 3.05) is 12.4 Å². The number of nitro groups is 1. The molecule has 0 aliphatic rings. The lowest BCUT2D eigenvalue weighted by atomic mass is 10.1. The minimum atomic E-state index is -3.51. The number of sulfonamides is 1. The van der Waals surface area contributed by atoms with Gasteiger partial charge in [0.05, 0.1) is 9.82 Å². The van der Waals surface area contributed by atoms with Crippen LogP contribution in [0.15, 0.2) is 47.5 Å². The molecular formula is C14H16N4O4S. The van der Waals surface area contributed by atoms with Gasteiger partial charge >= 0.3 is 0 Å². The van der Waals surface area contributed by atoms with Crippen LogP contribution < -0.4 is 10.0 Å². The molecule has 23 heavy (non-hydrogen) atoms. The third-order valence-corrected chi connectivity index (χ3v) is 4.67. The second-order valence-electron chi connectivity index (χ2n) is 4.80. The SMILES string of the molecule is CNS(=O)(=O)c1cccc(C(C)Nc2ccc([N+](=O)[O-])cn2)c1. The Labute approximate surface area is 133 Å². The minimum Gasteiger partial charge on any atom is -0.364 e. The number of rotatable bonds is 6. The molecule has 8 nitrogen and oxygen atoms in total. The summed E-state index contributed by atoms with van der Waals surface area (Å²) < 4.78 is 25.9. The van der Waals surface area contributed by atoms with Crippen molar-refractivity contribution in [1.29, 1.82) is 0 Å².